The van der Waals surface area contributed by atoms with Crippen LogP contribution in [0.2, 0.25) is 0 Å². The highest BCUT2D eigenvalue weighted by Gasteiger charge is 2.21. The summed E-state index contributed by atoms with van der Waals surface area (Å²) >= 11 is 0. The smallest absolute Gasteiger partial charge is 0.332 e. The van der Waals surface area contributed by atoms with Gasteiger partial charge in [0.2, 0.25) is 5.78 Å². The van der Waals surface area contributed by atoms with E-state index in [0.29, 0.717) is 22.6 Å². The lowest BCUT2D eigenvalue weighted by atomic mass is 10.3. The first-order valence-corrected chi connectivity index (χ1v) is 8.05. The zero-order valence-corrected chi connectivity index (χ0v) is 14.4. The average Bonchev–Trinajstić information content (AvgIpc) is 3.12. The quantitative estimate of drug-likeness (QED) is 0.564. The minimum atomic E-state index is -0.450. The molecule has 1 aromatic carbocycles. The largest absolute Gasteiger partial charge is 0.506 e. The van der Waals surface area contributed by atoms with Crippen LogP contribution in [0.4, 0.5) is 0 Å². The topological polar surface area (TPSA) is 86.5 Å². The molecule has 0 aliphatic carbocycles. The standard InChI is InChI=1S/C18H17N5O3/c1-4-9-21-16(25)14-15(20(3)18(21)26)19-17-22(14)10-11(2)23(17)12-7-5-6-8-13(12)24/h4-8,10,24H,1,9H2,2-3H3. The van der Waals surface area contributed by atoms with Gasteiger partial charge in [0, 0.05) is 25.5 Å². The zero-order valence-electron chi connectivity index (χ0n) is 14.4. The van der Waals surface area contributed by atoms with Crippen LogP contribution in [0.3, 0.4) is 0 Å². The summed E-state index contributed by atoms with van der Waals surface area (Å²) in [5, 5.41) is 10.2. The lowest BCUT2D eigenvalue weighted by molar-refractivity contribution is 0.472. The number of para-hydroxylation sites is 2. The van der Waals surface area contributed by atoms with Crippen molar-refractivity contribution in [1.82, 2.24) is 23.1 Å². The predicted molar refractivity (Wildman–Crippen MR) is 98.1 cm³/mol. The Labute approximate surface area is 147 Å². The van der Waals surface area contributed by atoms with Crippen LogP contribution < -0.4 is 11.2 Å². The summed E-state index contributed by atoms with van der Waals surface area (Å²) in [6.45, 7) is 5.58. The maximum Gasteiger partial charge on any atom is 0.332 e. The van der Waals surface area contributed by atoms with Gasteiger partial charge in [-0.15, -0.1) is 6.58 Å². The Morgan fingerprint density at radius 1 is 1.27 bits per heavy atom. The van der Waals surface area contributed by atoms with Crippen molar-refractivity contribution >= 4 is 16.9 Å². The molecule has 1 N–H and O–H groups in total. The minimum Gasteiger partial charge on any atom is -0.506 e. The molecule has 0 saturated carbocycles. The van der Waals surface area contributed by atoms with E-state index in [-0.39, 0.29) is 12.3 Å². The van der Waals surface area contributed by atoms with Crippen LogP contribution in [0, 0.1) is 6.92 Å². The summed E-state index contributed by atoms with van der Waals surface area (Å²) in [5.41, 5.74) is 1.06. The van der Waals surface area contributed by atoms with E-state index in [9.17, 15) is 14.7 Å². The van der Waals surface area contributed by atoms with Gasteiger partial charge >= 0.3 is 5.69 Å². The van der Waals surface area contributed by atoms with E-state index in [1.54, 1.807) is 46.5 Å². The van der Waals surface area contributed by atoms with Crippen molar-refractivity contribution in [3.8, 4) is 11.4 Å². The molecule has 0 aliphatic rings. The van der Waals surface area contributed by atoms with Crippen LogP contribution in [-0.4, -0.2) is 28.2 Å². The van der Waals surface area contributed by atoms with Crippen molar-refractivity contribution < 1.29 is 5.11 Å². The Hall–Kier alpha value is -3.55. The molecule has 0 amide bonds. The molecule has 0 fully saturated rings. The first kappa shape index (κ1) is 15.9. The summed E-state index contributed by atoms with van der Waals surface area (Å²) < 4.78 is 5.86. The number of rotatable bonds is 3. The number of aryl methyl sites for hydroxylation is 2. The van der Waals surface area contributed by atoms with Crippen LogP contribution in [0.5, 0.6) is 5.75 Å². The molecule has 0 radical (unpaired) electrons. The second kappa shape index (κ2) is 5.48. The highest BCUT2D eigenvalue weighted by Crippen LogP contribution is 2.26. The molecule has 0 unspecified atom stereocenters. The highest BCUT2D eigenvalue weighted by atomic mass is 16.3. The first-order valence-electron chi connectivity index (χ1n) is 8.05. The monoisotopic (exact) mass is 351 g/mol. The molecule has 132 valence electrons. The summed E-state index contributed by atoms with van der Waals surface area (Å²) in [6.07, 6.45) is 3.27. The number of aromatic nitrogens is 5. The molecule has 4 aromatic rings. The normalized spacial score (nSPS) is 11.5. The van der Waals surface area contributed by atoms with E-state index in [1.807, 2.05) is 6.92 Å². The van der Waals surface area contributed by atoms with E-state index in [2.05, 4.69) is 11.6 Å². The molecule has 26 heavy (non-hydrogen) atoms. The van der Waals surface area contributed by atoms with Gasteiger partial charge in [-0.1, -0.05) is 18.2 Å². The van der Waals surface area contributed by atoms with Crippen molar-refractivity contribution in [3.05, 3.63) is 69.6 Å². The summed E-state index contributed by atoms with van der Waals surface area (Å²) in [4.78, 5) is 29.8. The molecule has 0 spiro atoms. The lowest BCUT2D eigenvalue weighted by Gasteiger charge is -2.07. The Morgan fingerprint density at radius 2 is 2.00 bits per heavy atom. The number of hydrogen-bond acceptors (Lipinski definition) is 4. The summed E-state index contributed by atoms with van der Waals surface area (Å²) in [7, 11) is 1.58. The number of aromatic hydroxyl groups is 1. The maximum absolute atomic E-state index is 12.9. The van der Waals surface area contributed by atoms with Gasteiger partial charge < -0.3 is 5.11 Å². The van der Waals surface area contributed by atoms with Gasteiger partial charge in [0.1, 0.15) is 5.75 Å². The third-order valence-corrected chi connectivity index (χ3v) is 4.46. The number of allylic oxidation sites excluding steroid dienone is 1. The van der Waals surface area contributed by atoms with Gasteiger partial charge in [0.25, 0.3) is 5.56 Å². The van der Waals surface area contributed by atoms with E-state index in [1.165, 1.54) is 10.6 Å². The third kappa shape index (κ3) is 1.98. The van der Waals surface area contributed by atoms with Crippen LogP contribution in [0.25, 0.3) is 22.6 Å². The summed E-state index contributed by atoms with van der Waals surface area (Å²) in [6, 6.07) is 6.88. The Kier molecular flexibility index (Phi) is 3.36. The molecule has 0 bridgehead atoms. The van der Waals surface area contributed by atoms with Crippen molar-refractivity contribution in [2.75, 3.05) is 0 Å². The van der Waals surface area contributed by atoms with Crippen LogP contribution >= 0.6 is 0 Å². The van der Waals surface area contributed by atoms with Gasteiger partial charge in [-0.2, -0.15) is 4.98 Å². The second-order valence-electron chi connectivity index (χ2n) is 6.09. The van der Waals surface area contributed by atoms with Gasteiger partial charge in [-0.25, -0.2) is 4.79 Å². The van der Waals surface area contributed by atoms with Gasteiger partial charge in [0.15, 0.2) is 11.2 Å². The molecular formula is C18H17N5O3. The molecule has 3 heterocycles. The molecule has 0 saturated heterocycles. The SMILES string of the molecule is C=CCn1c(=O)c2c(nc3n(-c4ccccc4O)c(C)cn23)n(C)c1=O. The number of imidazole rings is 2. The van der Waals surface area contributed by atoms with Crippen LogP contribution in [0.1, 0.15) is 5.69 Å². The maximum atomic E-state index is 12.9. The summed E-state index contributed by atoms with van der Waals surface area (Å²) in [5.74, 6) is 0.543. The molecule has 0 atom stereocenters. The predicted octanol–water partition coefficient (Wildman–Crippen LogP) is 1.34. The molecular weight excluding hydrogens is 334 g/mol. The number of hydrogen-bond donors (Lipinski definition) is 1. The average molecular weight is 351 g/mol. The Morgan fingerprint density at radius 3 is 2.69 bits per heavy atom. The molecule has 0 aliphatic heterocycles. The fourth-order valence-corrected chi connectivity index (χ4v) is 3.25. The molecule has 3 aromatic heterocycles. The van der Waals surface area contributed by atoms with Gasteiger partial charge in [0.05, 0.1) is 5.69 Å². The van der Waals surface area contributed by atoms with Crippen LogP contribution in [-0.2, 0) is 13.6 Å². The van der Waals surface area contributed by atoms with Gasteiger partial charge in [-0.3, -0.25) is 22.9 Å². The molecule has 8 heteroatoms. The van der Waals surface area contributed by atoms with Crippen LogP contribution in [0.15, 0.2) is 52.7 Å². The fraction of sp³-hybridized carbons (Fsp3) is 0.167. The lowest BCUT2D eigenvalue weighted by Crippen LogP contribution is -2.39. The Bertz CT molecular complexity index is 1300. The number of benzene rings is 1. The first-order chi connectivity index (χ1) is 12.5. The fourth-order valence-electron chi connectivity index (χ4n) is 3.25. The number of fused-ring (bicyclic) bond motifs is 3. The highest BCUT2D eigenvalue weighted by molar-refractivity contribution is 5.76. The van der Waals surface area contributed by atoms with Crippen molar-refractivity contribution in [1.29, 1.82) is 0 Å². The number of nitrogens with zero attached hydrogens (tertiary/aromatic N) is 5. The molecule has 8 nitrogen and oxygen atoms in total. The van der Waals surface area contributed by atoms with Crippen molar-refractivity contribution in [3.63, 3.8) is 0 Å². The van der Waals surface area contributed by atoms with E-state index in [0.717, 1.165) is 10.3 Å². The second-order valence-corrected chi connectivity index (χ2v) is 6.09. The third-order valence-electron chi connectivity index (χ3n) is 4.46. The van der Waals surface area contributed by atoms with E-state index >= 15 is 0 Å². The Balaban J connectivity index is 2.19. The van der Waals surface area contributed by atoms with Crippen molar-refractivity contribution in [2.45, 2.75) is 13.5 Å². The molecule has 4 rings (SSSR count). The van der Waals surface area contributed by atoms with Crippen molar-refractivity contribution in [2.24, 2.45) is 7.05 Å². The minimum absolute atomic E-state index is 0.0960. The van der Waals surface area contributed by atoms with E-state index < -0.39 is 11.2 Å². The zero-order chi connectivity index (χ0) is 18.6. The number of phenolic OH excluding ortho intramolecular Hbond substituents is 1. The number of phenols is 1. The van der Waals surface area contributed by atoms with E-state index in [4.69, 9.17) is 0 Å². The van der Waals surface area contributed by atoms with Gasteiger partial charge in [-0.05, 0) is 19.1 Å².